The summed E-state index contributed by atoms with van der Waals surface area (Å²) < 4.78 is 45.1. The Kier molecular flexibility index (Phi) is 7.97. The topological polar surface area (TPSA) is 103 Å². The van der Waals surface area contributed by atoms with Gasteiger partial charge in [0.2, 0.25) is 5.43 Å². The third-order valence-electron chi connectivity index (χ3n) is 6.84. The van der Waals surface area contributed by atoms with E-state index in [1.54, 1.807) is 25.1 Å². The molecule has 0 fully saturated rings. The van der Waals surface area contributed by atoms with E-state index in [1.165, 1.54) is 56.8 Å². The second-order valence-corrected chi connectivity index (χ2v) is 9.51. The molecule has 0 radical (unpaired) electrons. The Morgan fingerprint density at radius 2 is 1.71 bits per heavy atom. The molecule has 0 spiro atoms. The number of benzene rings is 2. The number of Topliss-reactive ketones (excluding diaryl/α,β-unsaturated/α-hetero) is 1. The quantitative estimate of drug-likeness (QED) is 0.205. The van der Waals surface area contributed by atoms with E-state index in [9.17, 15) is 14.0 Å². The number of methoxy groups -OCH3 is 2. The number of nitrogens with zero attached hydrogens (tertiary/aromatic N) is 2. The lowest BCUT2D eigenvalue weighted by molar-refractivity contribution is 0.0990. The molecule has 214 valence electrons. The molecule has 10 heteroatoms. The van der Waals surface area contributed by atoms with Crippen molar-refractivity contribution >= 4 is 16.8 Å². The predicted octanol–water partition coefficient (Wildman–Crippen LogP) is 6.37. The van der Waals surface area contributed by atoms with Crippen molar-refractivity contribution in [1.82, 2.24) is 15.0 Å². The molecule has 0 saturated carbocycles. The number of aromatic nitrogens is 3. The smallest absolute Gasteiger partial charge is 0.257 e. The van der Waals surface area contributed by atoms with Crippen molar-refractivity contribution in [2.75, 3.05) is 14.2 Å². The van der Waals surface area contributed by atoms with Gasteiger partial charge in [0.1, 0.15) is 11.3 Å². The maximum absolute atomic E-state index is 15.2. The average Bonchev–Trinajstić information content (AvgIpc) is 2.98. The van der Waals surface area contributed by atoms with Gasteiger partial charge in [-0.05, 0) is 48.7 Å². The first-order chi connectivity index (χ1) is 20.2. The fourth-order valence-corrected chi connectivity index (χ4v) is 4.82. The SMILES string of the molecule is CCc1[nH]c(C)c(-c2ccc(F)cc2)c(=O)c1C(=O)Cc1ccc(Oc2ccnc3cc(OC)c(OC)nc23)c(F)c1. The third-order valence-corrected chi connectivity index (χ3v) is 6.84. The van der Waals surface area contributed by atoms with E-state index in [0.717, 1.165) is 0 Å². The van der Waals surface area contributed by atoms with Gasteiger partial charge in [-0.1, -0.05) is 25.1 Å². The fourth-order valence-electron chi connectivity index (χ4n) is 4.82. The van der Waals surface area contributed by atoms with Crippen molar-refractivity contribution in [2.24, 2.45) is 0 Å². The van der Waals surface area contributed by atoms with Crippen LogP contribution >= 0.6 is 0 Å². The van der Waals surface area contributed by atoms with Gasteiger partial charge in [-0.15, -0.1) is 0 Å². The van der Waals surface area contributed by atoms with Crippen molar-refractivity contribution in [3.63, 3.8) is 0 Å². The Hall–Kier alpha value is -5.12. The molecule has 0 amide bonds. The van der Waals surface area contributed by atoms with Gasteiger partial charge in [0.05, 0.1) is 25.3 Å². The van der Waals surface area contributed by atoms with E-state index >= 15 is 4.39 Å². The summed E-state index contributed by atoms with van der Waals surface area (Å²) in [7, 11) is 2.93. The zero-order valence-corrected chi connectivity index (χ0v) is 23.4. The number of hydrogen-bond acceptors (Lipinski definition) is 7. The minimum absolute atomic E-state index is 0.00173. The zero-order valence-electron chi connectivity index (χ0n) is 23.4. The number of carbonyl (C=O) groups is 1. The number of aryl methyl sites for hydroxylation is 2. The van der Waals surface area contributed by atoms with E-state index in [-0.39, 0.29) is 34.9 Å². The largest absolute Gasteiger partial charge is 0.491 e. The molecular formula is C32H27F2N3O5. The number of pyridine rings is 3. The Balaban J connectivity index is 1.44. The number of carbonyl (C=O) groups excluding carboxylic acids is 1. The minimum Gasteiger partial charge on any atom is -0.491 e. The summed E-state index contributed by atoms with van der Waals surface area (Å²) >= 11 is 0. The standard InChI is InChI=1S/C32H27F2N3O5/c1-5-22-29(31(39)28(17(2)36-22)19-7-9-20(33)10-8-19)24(38)15-18-6-11-25(21(34)14-18)42-26-12-13-35-23-16-27(40-3)32(41-4)37-30(23)26/h6-14,16H,5,15H2,1-4H3,(H,36,39). The van der Waals surface area contributed by atoms with E-state index < -0.39 is 22.8 Å². The molecule has 2 aromatic carbocycles. The van der Waals surface area contributed by atoms with Crippen LogP contribution in [0.25, 0.3) is 22.2 Å². The van der Waals surface area contributed by atoms with Crippen LogP contribution in [0.15, 0.2) is 65.6 Å². The van der Waals surface area contributed by atoms with E-state index in [0.29, 0.717) is 45.7 Å². The normalized spacial score (nSPS) is 11.0. The highest BCUT2D eigenvalue weighted by atomic mass is 19.1. The Labute approximate surface area is 239 Å². The number of ether oxygens (including phenoxy) is 3. The maximum Gasteiger partial charge on any atom is 0.257 e. The monoisotopic (exact) mass is 571 g/mol. The first-order valence-electron chi connectivity index (χ1n) is 13.1. The molecule has 8 nitrogen and oxygen atoms in total. The molecule has 0 saturated heterocycles. The number of ketones is 1. The van der Waals surface area contributed by atoms with Crippen LogP contribution in [0.4, 0.5) is 8.78 Å². The number of rotatable bonds is 9. The second-order valence-electron chi connectivity index (χ2n) is 9.51. The van der Waals surface area contributed by atoms with Crippen molar-refractivity contribution < 1.29 is 27.8 Å². The lowest BCUT2D eigenvalue weighted by Gasteiger charge is -2.14. The van der Waals surface area contributed by atoms with Crippen LogP contribution < -0.4 is 19.6 Å². The third kappa shape index (κ3) is 5.43. The number of fused-ring (bicyclic) bond motifs is 1. The van der Waals surface area contributed by atoms with E-state index in [4.69, 9.17) is 14.2 Å². The second kappa shape index (κ2) is 11.8. The van der Waals surface area contributed by atoms with Crippen molar-refractivity contribution in [2.45, 2.75) is 26.7 Å². The molecule has 0 atom stereocenters. The van der Waals surface area contributed by atoms with Gasteiger partial charge in [0, 0.05) is 41.7 Å². The van der Waals surface area contributed by atoms with Gasteiger partial charge in [-0.2, -0.15) is 0 Å². The average molecular weight is 572 g/mol. The van der Waals surface area contributed by atoms with Crippen LogP contribution in [-0.2, 0) is 12.8 Å². The molecule has 0 aliphatic rings. The highest BCUT2D eigenvalue weighted by Crippen LogP contribution is 2.35. The number of hydrogen-bond donors (Lipinski definition) is 1. The molecular weight excluding hydrogens is 544 g/mol. The molecule has 42 heavy (non-hydrogen) atoms. The van der Waals surface area contributed by atoms with Gasteiger partial charge < -0.3 is 19.2 Å². The Morgan fingerprint density at radius 1 is 0.952 bits per heavy atom. The van der Waals surface area contributed by atoms with Crippen LogP contribution in [0.5, 0.6) is 23.1 Å². The Morgan fingerprint density at radius 3 is 2.38 bits per heavy atom. The van der Waals surface area contributed by atoms with Gasteiger partial charge in [0.15, 0.2) is 28.8 Å². The van der Waals surface area contributed by atoms with Crippen molar-refractivity contribution in [1.29, 1.82) is 0 Å². The minimum atomic E-state index is -0.703. The Bertz CT molecular complexity index is 1870. The first-order valence-corrected chi connectivity index (χ1v) is 13.1. The van der Waals surface area contributed by atoms with Gasteiger partial charge >= 0.3 is 0 Å². The summed E-state index contributed by atoms with van der Waals surface area (Å²) in [5.41, 5.74) is 2.55. The predicted molar refractivity (Wildman–Crippen MR) is 154 cm³/mol. The molecule has 0 aliphatic heterocycles. The fraction of sp³-hybridized carbons (Fsp3) is 0.188. The maximum atomic E-state index is 15.2. The first kappa shape index (κ1) is 28.4. The summed E-state index contributed by atoms with van der Waals surface area (Å²) in [6, 6.07) is 12.9. The van der Waals surface area contributed by atoms with Crippen LogP contribution in [0.2, 0.25) is 0 Å². The lowest BCUT2D eigenvalue weighted by atomic mass is 9.94. The highest BCUT2D eigenvalue weighted by Gasteiger charge is 2.22. The van der Waals surface area contributed by atoms with Crippen LogP contribution in [0.3, 0.4) is 0 Å². The van der Waals surface area contributed by atoms with Gasteiger partial charge in [0.25, 0.3) is 5.88 Å². The van der Waals surface area contributed by atoms with Crippen LogP contribution in [-0.4, -0.2) is 35.0 Å². The molecule has 3 aromatic heterocycles. The molecule has 0 bridgehead atoms. The summed E-state index contributed by atoms with van der Waals surface area (Å²) in [6.45, 7) is 3.56. The van der Waals surface area contributed by atoms with Crippen molar-refractivity contribution in [3.8, 4) is 34.3 Å². The molecule has 3 heterocycles. The van der Waals surface area contributed by atoms with E-state index in [1.807, 2.05) is 6.92 Å². The highest BCUT2D eigenvalue weighted by molar-refractivity contribution is 5.99. The molecule has 0 unspecified atom stereocenters. The number of aromatic amines is 1. The number of halogens is 2. The summed E-state index contributed by atoms with van der Waals surface area (Å²) in [6.07, 6.45) is 1.70. The van der Waals surface area contributed by atoms with E-state index in [2.05, 4.69) is 15.0 Å². The zero-order chi connectivity index (χ0) is 30.0. The summed E-state index contributed by atoms with van der Waals surface area (Å²) in [5, 5.41) is 0. The van der Waals surface area contributed by atoms with Crippen molar-refractivity contribution in [3.05, 3.63) is 105 Å². The number of H-pyrrole nitrogens is 1. The summed E-state index contributed by atoms with van der Waals surface area (Å²) in [4.78, 5) is 38.8. The van der Waals surface area contributed by atoms with Crippen LogP contribution in [0.1, 0.15) is 34.2 Å². The molecule has 0 aliphatic carbocycles. The lowest BCUT2D eigenvalue weighted by Crippen LogP contribution is -2.23. The molecule has 5 rings (SSSR count). The number of nitrogens with one attached hydrogen (secondary N) is 1. The molecule has 5 aromatic rings. The van der Waals surface area contributed by atoms with Gasteiger partial charge in [-0.3, -0.25) is 14.6 Å². The van der Waals surface area contributed by atoms with Crippen LogP contribution in [0, 0.1) is 18.6 Å². The summed E-state index contributed by atoms with van der Waals surface area (Å²) in [5.74, 6) is -0.832. The van der Waals surface area contributed by atoms with Gasteiger partial charge in [-0.25, -0.2) is 13.8 Å². The molecule has 1 N–H and O–H groups in total.